The molecule has 1 aromatic carbocycles. The lowest BCUT2D eigenvalue weighted by atomic mass is 10.00. The number of ether oxygens (including phenoxy) is 1. The van der Waals surface area contributed by atoms with E-state index >= 15 is 0 Å². The first-order chi connectivity index (χ1) is 10.3. The molecule has 2 aromatic rings. The predicted octanol–water partition coefficient (Wildman–Crippen LogP) is 2.30. The van der Waals surface area contributed by atoms with Crippen LogP contribution in [0.25, 0.3) is 11.6 Å². The maximum Gasteiger partial charge on any atom is 0.143 e. The lowest BCUT2D eigenvalue weighted by Gasteiger charge is -2.04. The first kappa shape index (κ1) is 13.3. The van der Waals surface area contributed by atoms with E-state index in [1.165, 1.54) is 5.57 Å². The second-order valence-corrected chi connectivity index (χ2v) is 4.72. The zero-order valence-corrected chi connectivity index (χ0v) is 11.9. The normalized spacial score (nSPS) is 14.3. The number of H-pyrrole nitrogens is 1. The zero-order valence-electron chi connectivity index (χ0n) is 11.9. The van der Waals surface area contributed by atoms with E-state index in [0.717, 1.165) is 34.8 Å². The topological polar surface area (TPSA) is 63.1 Å². The number of methoxy groups -OCH3 is 1. The summed E-state index contributed by atoms with van der Waals surface area (Å²) in [5.74, 6) is 6.91. The van der Waals surface area contributed by atoms with Crippen LogP contribution in [0.15, 0.2) is 30.5 Å². The molecule has 0 saturated carbocycles. The number of nitrogens with one attached hydrogen (secondary N) is 2. The number of hydrogen-bond donors (Lipinski definition) is 3. The summed E-state index contributed by atoms with van der Waals surface area (Å²) in [7, 11) is 1.67. The summed E-state index contributed by atoms with van der Waals surface area (Å²) in [5.41, 5.74) is 10.9. The fraction of sp³-hybridized carbons (Fsp3) is 0.176. The number of aromatic amines is 1. The molecule has 0 radical (unpaired) electrons. The van der Waals surface area contributed by atoms with Crippen LogP contribution in [0.5, 0.6) is 5.75 Å². The van der Waals surface area contributed by atoms with E-state index in [1.54, 1.807) is 7.11 Å². The Morgan fingerprint density at radius 3 is 3.10 bits per heavy atom. The summed E-state index contributed by atoms with van der Waals surface area (Å²) in [6.45, 7) is 1.14. The minimum Gasteiger partial charge on any atom is -0.495 e. The van der Waals surface area contributed by atoms with Crippen molar-refractivity contribution in [3.8, 4) is 17.6 Å². The van der Waals surface area contributed by atoms with Crippen LogP contribution in [0.2, 0.25) is 0 Å². The molecule has 1 aromatic heterocycles. The smallest absolute Gasteiger partial charge is 0.143 e. The Morgan fingerprint density at radius 2 is 2.29 bits per heavy atom. The van der Waals surface area contributed by atoms with Gasteiger partial charge in [0, 0.05) is 29.6 Å². The highest BCUT2D eigenvalue weighted by Gasteiger charge is 2.19. The van der Waals surface area contributed by atoms with Gasteiger partial charge in [0.05, 0.1) is 19.3 Å². The monoisotopic (exact) mass is 279 g/mol. The molecular formula is C17H17N3O. The third kappa shape index (κ3) is 2.51. The van der Waals surface area contributed by atoms with Gasteiger partial charge in [-0.1, -0.05) is 17.9 Å². The van der Waals surface area contributed by atoms with Crippen molar-refractivity contribution < 1.29 is 4.74 Å². The number of benzene rings is 1. The second kappa shape index (κ2) is 5.78. The minimum absolute atomic E-state index is 0.362. The van der Waals surface area contributed by atoms with Crippen molar-refractivity contribution in [3.05, 3.63) is 47.3 Å². The van der Waals surface area contributed by atoms with Gasteiger partial charge >= 0.3 is 0 Å². The lowest BCUT2D eigenvalue weighted by molar-refractivity contribution is 0.414. The largest absolute Gasteiger partial charge is 0.495 e. The molecule has 0 amide bonds. The number of anilines is 1. The Bertz CT molecular complexity index is 747. The number of nitrogens with two attached hydrogens (primary N) is 1. The SMILES string of the molecule is COc1cc[nH]c1/C=C1\CNc2cccc(C#CCN)c21. The van der Waals surface area contributed by atoms with Crippen LogP contribution in [0.4, 0.5) is 5.69 Å². The van der Waals surface area contributed by atoms with Crippen molar-refractivity contribution in [2.45, 2.75) is 0 Å². The number of rotatable bonds is 2. The molecule has 0 spiro atoms. The van der Waals surface area contributed by atoms with Gasteiger partial charge in [-0.3, -0.25) is 0 Å². The van der Waals surface area contributed by atoms with Crippen molar-refractivity contribution in [2.75, 3.05) is 25.5 Å². The quantitative estimate of drug-likeness (QED) is 0.739. The van der Waals surface area contributed by atoms with Gasteiger partial charge in [-0.05, 0) is 29.8 Å². The van der Waals surface area contributed by atoms with Gasteiger partial charge in [0.15, 0.2) is 0 Å². The Kier molecular flexibility index (Phi) is 3.67. The van der Waals surface area contributed by atoms with E-state index in [0.29, 0.717) is 6.54 Å². The molecule has 0 saturated heterocycles. The molecule has 1 aliphatic heterocycles. The maximum absolute atomic E-state index is 5.48. The summed E-state index contributed by atoms with van der Waals surface area (Å²) >= 11 is 0. The van der Waals surface area contributed by atoms with Gasteiger partial charge in [0.25, 0.3) is 0 Å². The van der Waals surface area contributed by atoms with Gasteiger partial charge in [-0.15, -0.1) is 0 Å². The van der Waals surface area contributed by atoms with Crippen molar-refractivity contribution in [2.24, 2.45) is 5.73 Å². The molecule has 3 rings (SSSR count). The molecule has 106 valence electrons. The fourth-order valence-corrected chi connectivity index (χ4v) is 2.53. The molecule has 4 nitrogen and oxygen atoms in total. The van der Waals surface area contributed by atoms with Crippen LogP contribution in [0.1, 0.15) is 16.8 Å². The average Bonchev–Trinajstić information content (AvgIpc) is 3.13. The van der Waals surface area contributed by atoms with E-state index < -0.39 is 0 Å². The lowest BCUT2D eigenvalue weighted by Crippen LogP contribution is -1.94. The van der Waals surface area contributed by atoms with Crippen molar-refractivity contribution in [1.82, 2.24) is 4.98 Å². The molecule has 2 heterocycles. The fourth-order valence-electron chi connectivity index (χ4n) is 2.53. The van der Waals surface area contributed by atoms with E-state index in [-0.39, 0.29) is 0 Å². The Hall–Kier alpha value is -2.64. The van der Waals surface area contributed by atoms with Crippen molar-refractivity contribution >= 4 is 17.3 Å². The third-order valence-corrected chi connectivity index (χ3v) is 3.46. The molecule has 0 fully saturated rings. The van der Waals surface area contributed by atoms with E-state index in [9.17, 15) is 0 Å². The van der Waals surface area contributed by atoms with Gasteiger partial charge in [0.2, 0.25) is 0 Å². The van der Waals surface area contributed by atoms with Gasteiger partial charge in [0.1, 0.15) is 5.75 Å². The van der Waals surface area contributed by atoms with E-state index in [1.807, 2.05) is 24.4 Å². The minimum atomic E-state index is 0.362. The molecule has 0 bridgehead atoms. The molecular weight excluding hydrogens is 262 g/mol. The Labute approximate surface area is 124 Å². The Morgan fingerprint density at radius 1 is 1.38 bits per heavy atom. The second-order valence-electron chi connectivity index (χ2n) is 4.72. The third-order valence-electron chi connectivity index (χ3n) is 3.46. The van der Waals surface area contributed by atoms with E-state index in [4.69, 9.17) is 10.5 Å². The highest BCUT2D eigenvalue weighted by molar-refractivity contribution is 5.95. The van der Waals surface area contributed by atoms with Crippen molar-refractivity contribution in [3.63, 3.8) is 0 Å². The Balaban J connectivity index is 2.07. The molecule has 0 atom stereocenters. The number of hydrogen-bond acceptors (Lipinski definition) is 3. The van der Waals surface area contributed by atoms with Crippen LogP contribution in [-0.4, -0.2) is 25.2 Å². The van der Waals surface area contributed by atoms with Crippen LogP contribution < -0.4 is 15.8 Å². The zero-order chi connectivity index (χ0) is 14.7. The molecule has 0 unspecified atom stereocenters. The van der Waals surface area contributed by atoms with Gasteiger partial charge in [-0.2, -0.15) is 0 Å². The first-order valence-electron chi connectivity index (χ1n) is 6.81. The molecule has 1 aliphatic rings. The summed E-state index contributed by atoms with van der Waals surface area (Å²) in [5, 5.41) is 3.39. The van der Waals surface area contributed by atoms with Crippen molar-refractivity contribution in [1.29, 1.82) is 0 Å². The summed E-state index contributed by atoms with van der Waals surface area (Å²) in [4.78, 5) is 3.19. The number of fused-ring (bicyclic) bond motifs is 1. The highest BCUT2D eigenvalue weighted by Crippen LogP contribution is 2.35. The maximum atomic E-state index is 5.48. The summed E-state index contributed by atoms with van der Waals surface area (Å²) < 4.78 is 5.34. The number of aromatic nitrogens is 1. The van der Waals surface area contributed by atoms with Gasteiger partial charge < -0.3 is 20.8 Å². The standard InChI is InChI=1S/C17H17N3O/c1-21-16-7-9-19-15(16)10-13-11-20-14-6-2-4-12(17(13)14)5-3-8-18/h2,4,6-7,9-10,19-20H,8,11,18H2,1H3/b13-10+. The molecule has 21 heavy (non-hydrogen) atoms. The summed E-state index contributed by atoms with van der Waals surface area (Å²) in [6, 6.07) is 8.00. The van der Waals surface area contributed by atoms with Crippen LogP contribution in [0.3, 0.4) is 0 Å². The first-order valence-corrected chi connectivity index (χ1v) is 6.81. The van der Waals surface area contributed by atoms with Gasteiger partial charge in [-0.25, -0.2) is 0 Å². The molecule has 4 N–H and O–H groups in total. The summed E-state index contributed by atoms with van der Waals surface area (Å²) in [6.07, 6.45) is 3.97. The van der Waals surface area contributed by atoms with E-state index in [2.05, 4.69) is 34.3 Å². The van der Waals surface area contributed by atoms with Crippen LogP contribution >= 0.6 is 0 Å². The van der Waals surface area contributed by atoms with Crippen LogP contribution in [0, 0.1) is 11.8 Å². The predicted molar refractivity (Wildman–Crippen MR) is 86.1 cm³/mol. The highest BCUT2D eigenvalue weighted by atomic mass is 16.5. The molecule has 4 heteroatoms. The average molecular weight is 279 g/mol. The molecule has 0 aliphatic carbocycles. The van der Waals surface area contributed by atoms with Crippen LogP contribution in [-0.2, 0) is 0 Å².